The molecule has 3 aromatic carbocycles. The molecule has 0 radical (unpaired) electrons. The summed E-state index contributed by atoms with van der Waals surface area (Å²) in [6, 6.07) is 20.6. The van der Waals surface area contributed by atoms with E-state index in [1.165, 1.54) is 18.2 Å². The first kappa shape index (κ1) is 21.7. The van der Waals surface area contributed by atoms with Gasteiger partial charge in [0.05, 0.1) is 11.6 Å². The van der Waals surface area contributed by atoms with E-state index >= 15 is 0 Å². The third-order valence-electron chi connectivity index (χ3n) is 5.95. The molecule has 0 saturated heterocycles. The van der Waals surface area contributed by atoms with Crippen molar-refractivity contribution < 1.29 is 18.0 Å². The molecular formula is C25H21ClN2O4S. The first-order valence-corrected chi connectivity index (χ1v) is 12.5. The second-order valence-electron chi connectivity index (χ2n) is 8.32. The molecule has 168 valence electrons. The molecule has 2 aliphatic rings. The normalized spacial score (nSPS) is 17.5. The molecule has 1 atom stereocenters. The SMILES string of the molecule is O=C(NC(Cc1ccc(Cl)cc1)c1ccccc1)c1ccc2c(c1)S(=O)(=O)N(C1CC1)C2=O. The van der Waals surface area contributed by atoms with E-state index in [1.54, 1.807) is 12.1 Å². The molecule has 1 unspecified atom stereocenters. The number of hydrogen-bond donors (Lipinski definition) is 1. The number of nitrogens with zero attached hydrogens (tertiary/aromatic N) is 1. The second-order valence-corrected chi connectivity index (χ2v) is 10.5. The molecule has 1 aliphatic carbocycles. The van der Waals surface area contributed by atoms with Gasteiger partial charge in [-0.3, -0.25) is 9.59 Å². The molecule has 3 aromatic rings. The fourth-order valence-electron chi connectivity index (χ4n) is 4.09. The zero-order valence-corrected chi connectivity index (χ0v) is 19.1. The van der Waals surface area contributed by atoms with E-state index in [0.717, 1.165) is 15.4 Å². The molecule has 1 heterocycles. The highest BCUT2D eigenvalue weighted by Gasteiger charge is 2.48. The van der Waals surface area contributed by atoms with Gasteiger partial charge in [0.1, 0.15) is 4.90 Å². The van der Waals surface area contributed by atoms with E-state index in [1.807, 2.05) is 42.5 Å². The molecule has 1 fully saturated rings. The number of fused-ring (bicyclic) bond motifs is 1. The molecule has 33 heavy (non-hydrogen) atoms. The first-order chi connectivity index (χ1) is 15.8. The molecule has 1 N–H and O–H groups in total. The summed E-state index contributed by atoms with van der Waals surface area (Å²) in [5, 5.41) is 3.66. The van der Waals surface area contributed by atoms with Crippen LogP contribution in [0, 0.1) is 0 Å². The van der Waals surface area contributed by atoms with Gasteiger partial charge in [-0.2, -0.15) is 0 Å². The highest BCUT2D eigenvalue weighted by Crippen LogP contribution is 2.39. The fraction of sp³-hybridized carbons (Fsp3) is 0.200. The highest BCUT2D eigenvalue weighted by molar-refractivity contribution is 7.90. The van der Waals surface area contributed by atoms with Gasteiger partial charge < -0.3 is 5.32 Å². The number of carbonyl (C=O) groups excluding carboxylic acids is 2. The Labute approximate surface area is 197 Å². The van der Waals surface area contributed by atoms with Crippen LogP contribution in [0.1, 0.15) is 50.7 Å². The van der Waals surface area contributed by atoms with Crippen LogP contribution < -0.4 is 5.32 Å². The molecule has 6 nitrogen and oxygen atoms in total. The Kier molecular flexibility index (Phi) is 5.46. The average Bonchev–Trinajstić information content (AvgIpc) is 3.62. The number of rotatable bonds is 6. The molecule has 0 spiro atoms. The molecule has 1 aliphatic heterocycles. The summed E-state index contributed by atoms with van der Waals surface area (Å²) in [4.78, 5) is 25.7. The van der Waals surface area contributed by atoms with Crippen LogP contribution >= 0.6 is 11.6 Å². The highest BCUT2D eigenvalue weighted by atomic mass is 35.5. The molecule has 2 amide bonds. The van der Waals surface area contributed by atoms with Crippen LogP contribution in [-0.2, 0) is 16.4 Å². The zero-order valence-electron chi connectivity index (χ0n) is 17.6. The molecular weight excluding hydrogens is 460 g/mol. The average molecular weight is 481 g/mol. The molecule has 0 aromatic heterocycles. The van der Waals surface area contributed by atoms with Gasteiger partial charge in [0, 0.05) is 16.6 Å². The number of hydrogen-bond acceptors (Lipinski definition) is 4. The van der Waals surface area contributed by atoms with Crippen LogP contribution in [0.15, 0.2) is 77.7 Å². The van der Waals surface area contributed by atoms with Gasteiger partial charge in [0.2, 0.25) is 0 Å². The van der Waals surface area contributed by atoms with Crippen LogP contribution in [-0.4, -0.2) is 30.6 Å². The van der Waals surface area contributed by atoms with Gasteiger partial charge in [0.25, 0.3) is 21.8 Å². The van der Waals surface area contributed by atoms with Gasteiger partial charge in [-0.15, -0.1) is 0 Å². The Bertz CT molecular complexity index is 1340. The smallest absolute Gasteiger partial charge is 0.269 e. The van der Waals surface area contributed by atoms with Gasteiger partial charge in [-0.05, 0) is 60.7 Å². The van der Waals surface area contributed by atoms with Crippen molar-refractivity contribution in [2.24, 2.45) is 0 Å². The van der Waals surface area contributed by atoms with Gasteiger partial charge in [-0.1, -0.05) is 54.1 Å². The summed E-state index contributed by atoms with van der Waals surface area (Å²) in [7, 11) is -3.93. The lowest BCUT2D eigenvalue weighted by Crippen LogP contribution is -2.32. The molecule has 8 heteroatoms. The third-order valence-corrected chi connectivity index (χ3v) is 8.08. The van der Waals surface area contributed by atoms with Crippen molar-refractivity contribution in [1.29, 1.82) is 0 Å². The predicted octanol–water partition coefficient (Wildman–Crippen LogP) is 4.36. The summed E-state index contributed by atoms with van der Waals surface area (Å²) in [6.45, 7) is 0. The number of amides is 2. The van der Waals surface area contributed by atoms with Crippen LogP contribution in [0.3, 0.4) is 0 Å². The summed E-state index contributed by atoms with van der Waals surface area (Å²) >= 11 is 6.00. The van der Waals surface area contributed by atoms with E-state index in [-0.39, 0.29) is 28.1 Å². The van der Waals surface area contributed by atoms with Crippen LogP contribution in [0.4, 0.5) is 0 Å². The lowest BCUT2D eigenvalue weighted by Gasteiger charge is -2.20. The van der Waals surface area contributed by atoms with E-state index in [2.05, 4.69) is 5.32 Å². The van der Waals surface area contributed by atoms with Crippen molar-refractivity contribution in [1.82, 2.24) is 9.62 Å². The number of nitrogens with one attached hydrogen (secondary N) is 1. The number of benzene rings is 3. The van der Waals surface area contributed by atoms with Crippen LogP contribution in [0.25, 0.3) is 0 Å². The van der Waals surface area contributed by atoms with Crippen LogP contribution in [0.2, 0.25) is 5.02 Å². The quantitative estimate of drug-likeness (QED) is 0.568. The molecule has 0 bridgehead atoms. The summed E-state index contributed by atoms with van der Waals surface area (Å²) in [5.41, 5.74) is 2.24. The molecule has 1 saturated carbocycles. The Morgan fingerprint density at radius 2 is 1.73 bits per heavy atom. The monoisotopic (exact) mass is 480 g/mol. The Hall–Kier alpha value is -3.16. The van der Waals surface area contributed by atoms with Crippen molar-refractivity contribution in [3.8, 4) is 0 Å². The maximum absolute atomic E-state index is 13.2. The van der Waals surface area contributed by atoms with Crippen molar-refractivity contribution in [3.05, 3.63) is 100 Å². The van der Waals surface area contributed by atoms with E-state index in [0.29, 0.717) is 24.3 Å². The topological polar surface area (TPSA) is 83.6 Å². The van der Waals surface area contributed by atoms with Gasteiger partial charge >= 0.3 is 0 Å². The maximum atomic E-state index is 13.2. The minimum Gasteiger partial charge on any atom is -0.345 e. The van der Waals surface area contributed by atoms with Gasteiger partial charge in [-0.25, -0.2) is 12.7 Å². The van der Waals surface area contributed by atoms with Crippen molar-refractivity contribution >= 4 is 33.4 Å². The number of carbonyl (C=O) groups is 2. The standard InChI is InChI=1S/C25H21ClN2O4S/c26-19-9-6-16(7-10-19)14-22(17-4-2-1-3-5-17)27-24(29)18-8-13-21-23(15-18)33(31,32)28(25(21)30)20-11-12-20/h1-10,13,15,20,22H,11-12,14H2,(H,27,29). The number of sulfonamides is 1. The Morgan fingerprint density at radius 1 is 1.03 bits per heavy atom. The zero-order chi connectivity index (χ0) is 23.2. The fourth-order valence-corrected chi connectivity index (χ4v) is 6.06. The largest absolute Gasteiger partial charge is 0.345 e. The number of halogens is 1. The maximum Gasteiger partial charge on any atom is 0.269 e. The second kappa shape index (κ2) is 8.32. The Morgan fingerprint density at radius 3 is 2.39 bits per heavy atom. The van der Waals surface area contributed by atoms with E-state index in [4.69, 9.17) is 11.6 Å². The molecule has 5 rings (SSSR count). The van der Waals surface area contributed by atoms with Gasteiger partial charge in [0.15, 0.2) is 0 Å². The lowest BCUT2D eigenvalue weighted by molar-refractivity contribution is 0.0863. The minimum absolute atomic E-state index is 0.0963. The van der Waals surface area contributed by atoms with Crippen molar-refractivity contribution in [3.63, 3.8) is 0 Å². The minimum atomic E-state index is -3.93. The summed E-state index contributed by atoms with van der Waals surface area (Å²) in [5.74, 6) is -0.919. The van der Waals surface area contributed by atoms with E-state index < -0.39 is 21.8 Å². The third kappa shape index (κ3) is 4.14. The lowest BCUT2D eigenvalue weighted by atomic mass is 9.98. The summed E-state index contributed by atoms with van der Waals surface area (Å²) < 4.78 is 26.8. The van der Waals surface area contributed by atoms with Crippen LogP contribution in [0.5, 0.6) is 0 Å². The summed E-state index contributed by atoms with van der Waals surface area (Å²) in [6.07, 6.45) is 1.88. The van der Waals surface area contributed by atoms with E-state index in [9.17, 15) is 18.0 Å². The van der Waals surface area contributed by atoms with Crippen molar-refractivity contribution in [2.45, 2.75) is 36.2 Å². The van der Waals surface area contributed by atoms with Crippen molar-refractivity contribution in [2.75, 3.05) is 0 Å². The Balaban J connectivity index is 1.43. The first-order valence-electron chi connectivity index (χ1n) is 10.7. The predicted molar refractivity (Wildman–Crippen MR) is 125 cm³/mol.